The molecule has 1 fully saturated rings. The minimum atomic E-state index is 0.0680. The summed E-state index contributed by atoms with van der Waals surface area (Å²) in [6, 6.07) is 2.18. The van der Waals surface area contributed by atoms with Gasteiger partial charge in [-0.05, 0) is 32.5 Å². The number of hydrogen-bond acceptors (Lipinski definition) is 4. The maximum Gasteiger partial charge on any atom is 0.244 e. The minimum absolute atomic E-state index is 0.0680. The van der Waals surface area contributed by atoms with Crippen LogP contribution in [0.1, 0.15) is 12.8 Å². The Morgan fingerprint density at radius 2 is 2.44 bits per heavy atom. The van der Waals surface area contributed by atoms with Crippen molar-refractivity contribution in [2.45, 2.75) is 25.4 Å². The van der Waals surface area contributed by atoms with Gasteiger partial charge in [-0.2, -0.15) is 5.10 Å². The molecule has 1 unspecified atom stereocenters. The van der Waals surface area contributed by atoms with Crippen LogP contribution in [0.15, 0.2) is 12.3 Å². The van der Waals surface area contributed by atoms with Crippen molar-refractivity contribution in [3.63, 3.8) is 0 Å². The number of rotatable bonds is 4. The Labute approximate surface area is 107 Å². The fourth-order valence-electron chi connectivity index (χ4n) is 2.35. The fourth-order valence-corrected chi connectivity index (χ4v) is 2.35. The summed E-state index contributed by atoms with van der Waals surface area (Å²) in [4.78, 5) is 16.1. The van der Waals surface area contributed by atoms with Crippen LogP contribution in [0, 0.1) is 0 Å². The molecule has 2 rings (SSSR count). The molecule has 1 aromatic rings. The van der Waals surface area contributed by atoms with Gasteiger partial charge < -0.3 is 15.5 Å². The Bertz CT molecular complexity index is 416. The number of likely N-dealkylation sites (tertiary alicyclic amines) is 1. The van der Waals surface area contributed by atoms with E-state index in [2.05, 4.69) is 17.0 Å². The van der Waals surface area contributed by atoms with Crippen LogP contribution >= 0.6 is 0 Å². The van der Waals surface area contributed by atoms with E-state index in [1.165, 1.54) is 12.8 Å². The lowest BCUT2D eigenvalue weighted by Gasteiger charge is -2.25. The number of anilines is 1. The number of carbonyl (C=O) groups excluding carboxylic acids is 1. The summed E-state index contributed by atoms with van der Waals surface area (Å²) in [5.41, 5.74) is 5.52. The van der Waals surface area contributed by atoms with Gasteiger partial charge in [0.2, 0.25) is 5.91 Å². The Balaban J connectivity index is 1.84. The monoisotopic (exact) mass is 251 g/mol. The summed E-state index contributed by atoms with van der Waals surface area (Å²) in [5.74, 6) is 0.513. The van der Waals surface area contributed by atoms with Crippen LogP contribution in [0.3, 0.4) is 0 Å². The summed E-state index contributed by atoms with van der Waals surface area (Å²) < 4.78 is 1.58. The highest BCUT2D eigenvalue weighted by Crippen LogP contribution is 2.15. The van der Waals surface area contributed by atoms with Crippen molar-refractivity contribution in [3.8, 4) is 0 Å². The van der Waals surface area contributed by atoms with Crippen molar-refractivity contribution < 1.29 is 4.79 Å². The molecule has 100 valence electrons. The summed E-state index contributed by atoms with van der Waals surface area (Å²) >= 11 is 0. The SMILES string of the molecule is CN(CC1CCCN1C)C(=O)Cn1ccc(N)n1. The molecule has 1 saturated heterocycles. The molecule has 0 aliphatic carbocycles. The number of carbonyl (C=O) groups is 1. The number of likely N-dealkylation sites (N-methyl/N-ethyl adjacent to an activating group) is 2. The molecule has 2 N–H and O–H groups in total. The molecule has 0 aromatic carbocycles. The topological polar surface area (TPSA) is 67.4 Å². The van der Waals surface area contributed by atoms with Gasteiger partial charge in [-0.3, -0.25) is 9.48 Å². The predicted octanol–water partition coefficient (Wildman–Crippen LogP) is 0.0179. The van der Waals surface area contributed by atoms with Crippen molar-refractivity contribution in [1.82, 2.24) is 19.6 Å². The summed E-state index contributed by atoms with van der Waals surface area (Å²) in [6.45, 7) is 2.17. The molecular weight excluding hydrogens is 230 g/mol. The zero-order chi connectivity index (χ0) is 13.1. The quantitative estimate of drug-likeness (QED) is 0.819. The van der Waals surface area contributed by atoms with Gasteiger partial charge in [0.05, 0.1) is 0 Å². The number of hydrogen-bond donors (Lipinski definition) is 1. The molecule has 0 spiro atoms. The lowest BCUT2D eigenvalue weighted by atomic mass is 10.2. The first-order valence-corrected chi connectivity index (χ1v) is 6.29. The van der Waals surface area contributed by atoms with E-state index < -0.39 is 0 Å². The zero-order valence-electron chi connectivity index (χ0n) is 11.0. The standard InChI is InChI=1S/C12H21N5O/c1-15-6-3-4-10(15)8-16(2)12(18)9-17-7-5-11(13)14-17/h5,7,10H,3-4,6,8-9H2,1-2H3,(H2,13,14). The van der Waals surface area contributed by atoms with Gasteiger partial charge in [-0.15, -0.1) is 0 Å². The third kappa shape index (κ3) is 3.01. The first-order chi connectivity index (χ1) is 8.56. The average molecular weight is 251 g/mol. The summed E-state index contributed by atoms with van der Waals surface area (Å²) in [6.07, 6.45) is 4.12. The Morgan fingerprint density at radius 3 is 3.00 bits per heavy atom. The maximum absolute atomic E-state index is 12.0. The summed E-state index contributed by atoms with van der Waals surface area (Å²) in [5, 5.41) is 4.02. The second-order valence-electron chi connectivity index (χ2n) is 4.99. The third-order valence-electron chi connectivity index (χ3n) is 3.54. The van der Waals surface area contributed by atoms with E-state index in [1.54, 1.807) is 21.8 Å². The smallest absolute Gasteiger partial charge is 0.244 e. The molecule has 18 heavy (non-hydrogen) atoms. The average Bonchev–Trinajstić information content (AvgIpc) is 2.89. The molecule has 1 aromatic heterocycles. The van der Waals surface area contributed by atoms with Gasteiger partial charge in [-0.1, -0.05) is 0 Å². The second kappa shape index (κ2) is 5.39. The van der Waals surface area contributed by atoms with Crippen LogP contribution in [-0.2, 0) is 11.3 Å². The van der Waals surface area contributed by atoms with Crippen molar-refractivity contribution in [2.75, 3.05) is 32.9 Å². The van der Waals surface area contributed by atoms with Gasteiger partial charge in [0.15, 0.2) is 0 Å². The zero-order valence-corrected chi connectivity index (χ0v) is 11.0. The van der Waals surface area contributed by atoms with E-state index in [-0.39, 0.29) is 12.5 Å². The fraction of sp³-hybridized carbons (Fsp3) is 0.667. The van der Waals surface area contributed by atoms with Crippen LogP contribution in [0.2, 0.25) is 0 Å². The van der Waals surface area contributed by atoms with Crippen LogP contribution in [0.25, 0.3) is 0 Å². The number of nitrogen functional groups attached to an aromatic ring is 1. The van der Waals surface area contributed by atoms with Crippen molar-refractivity contribution in [3.05, 3.63) is 12.3 Å². The van der Waals surface area contributed by atoms with Gasteiger partial charge in [0, 0.05) is 25.8 Å². The van der Waals surface area contributed by atoms with Gasteiger partial charge in [0.25, 0.3) is 0 Å². The molecule has 1 aliphatic rings. The van der Waals surface area contributed by atoms with Crippen molar-refractivity contribution in [2.24, 2.45) is 0 Å². The summed E-state index contributed by atoms with van der Waals surface area (Å²) in [7, 11) is 3.96. The highest BCUT2D eigenvalue weighted by molar-refractivity contribution is 5.75. The Hall–Kier alpha value is -1.56. The molecule has 0 radical (unpaired) electrons. The van der Waals surface area contributed by atoms with Crippen molar-refractivity contribution >= 4 is 11.7 Å². The lowest BCUT2D eigenvalue weighted by molar-refractivity contribution is -0.131. The van der Waals surface area contributed by atoms with E-state index in [4.69, 9.17) is 5.73 Å². The molecule has 2 heterocycles. The van der Waals surface area contributed by atoms with Crippen LogP contribution in [-0.4, -0.2) is 58.7 Å². The van der Waals surface area contributed by atoms with E-state index >= 15 is 0 Å². The maximum atomic E-state index is 12.0. The van der Waals surface area contributed by atoms with Crippen LogP contribution in [0.5, 0.6) is 0 Å². The van der Waals surface area contributed by atoms with Crippen LogP contribution in [0.4, 0.5) is 5.82 Å². The van der Waals surface area contributed by atoms with Gasteiger partial charge in [-0.25, -0.2) is 0 Å². The highest BCUT2D eigenvalue weighted by Gasteiger charge is 2.23. The van der Waals surface area contributed by atoms with Crippen molar-refractivity contribution in [1.29, 1.82) is 0 Å². The largest absolute Gasteiger partial charge is 0.382 e. The molecule has 0 saturated carbocycles. The number of nitrogens with zero attached hydrogens (tertiary/aromatic N) is 4. The van der Waals surface area contributed by atoms with Crippen LogP contribution < -0.4 is 5.73 Å². The molecule has 1 amide bonds. The van der Waals surface area contributed by atoms with E-state index in [1.807, 2.05) is 7.05 Å². The predicted molar refractivity (Wildman–Crippen MR) is 69.9 cm³/mol. The lowest BCUT2D eigenvalue weighted by Crippen LogP contribution is -2.40. The van der Waals surface area contributed by atoms with Gasteiger partial charge in [0.1, 0.15) is 12.4 Å². The number of nitrogens with two attached hydrogens (primary N) is 1. The highest BCUT2D eigenvalue weighted by atomic mass is 16.2. The van der Waals surface area contributed by atoms with Gasteiger partial charge >= 0.3 is 0 Å². The van der Waals surface area contributed by atoms with E-state index in [0.29, 0.717) is 11.9 Å². The number of amides is 1. The Kier molecular flexibility index (Phi) is 3.86. The van der Waals surface area contributed by atoms with E-state index in [0.717, 1.165) is 13.1 Å². The number of aromatic nitrogens is 2. The first kappa shape index (κ1) is 12.9. The molecule has 1 atom stereocenters. The molecule has 6 nitrogen and oxygen atoms in total. The minimum Gasteiger partial charge on any atom is -0.382 e. The molecular formula is C12H21N5O. The Morgan fingerprint density at radius 1 is 1.67 bits per heavy atom. The second-order valence-corrected chi connectivity index (χ2v) is 4.99. The third-order valence-corrected chi connectivity index (χ3v) is 3.54. The normalized spacial score (nSPS) is 20.2. The molecule has 0 bridgehead atoms. The molecule has 1 aliphatic heterocycles. The van der Waals surface area contributed by atoms with E-state index in [9.17, 15) is 4.79 Å². The first-order valence-electron chi connectivity index (χ1n) is 6.29. The molecule has 6 heteroatoms.